The number of rotatable bonds is 1. The number of carbonyl (C=O) groups is 1. The van der Waals surface area contributed by atoms with Crippen LogP contribution in [0, 0.1) is 5.92 Å². The Morgan fingerprint density at radius 1 is 1.12 bits per heavy atom. The quantitative estimate of drug-likeness (QED) is 0.685. The molecule has 88 valence electrons. The molecule has 2 nitrogen and oxygen atoms in total. The Morgan fingerprint density at radius 2 is 1.88 bits per heavy atom. The summed E-state index contributed by atoms with van der Waals surface area (Å²) in [5.74, 6) is 1.82. The fourth-order valence-corrected chi connectivity index (χ4v) is 2.67. The van der Waals surface area contributed by atoms with Crippen LogP contribution in [0.2, 0.25) is 0 Å². The second kappa shape index (κ2) is 4.36. The Balaban J connectivity index is 1.83. The van der Waals surface area contributed by atoms with Crippen LogP contribution in [0.25, 0.3) is 0 Å². The van der Waals surface area contributed by atoms with Crippen molar-refractivity contribution < 1.29 is 9.53 Å². The van der Waals surface area contributed by atoms with Gasteiger partial charge in [0.1, 0.15) is 5.75 Å². The number of carbonyl (C=O) groups excluding carboxylic acids is 1. The maximum absolute atomic E-state index is 12.1. The summed E-state index contributed by atoms with van der Waals surface area (Å²) in [6.07, 6.45) is 8.30. The summed E-state index contributed by atoms with van der Waals surface area (Å²) >= 11 is 0. The molecule has 1 fully saturated rings. The van der Waals surface area contributed by atoms with Gasteiger partial charge in [-0.1, -0.05) is 31.4 Å². The van der Waals surface area contributed by atoms with E-state index in [0.717, 1.165) is 0 Å². The van der Waals surface area contributed by atoms with Crippen molar-refractivity contribution >= 4 is 5.78 Å². The van der Waals surface area contributed by atoms with E-state index in [1.165, 1.54) is 32.1 Å². The molecule has 0 saturated heterocycles. The van der Waals surface area contributed by atoms with Crippen molar-refractivity contribution in [3.05, 3.63) is 41.7 Å². The molecule has 0 atom stereocenters. The van der Waals surface area contributed by atoms with Crippen LogP contribution < -0.4 is 4.74 Å². The fraction of sp³-hybridized carbons (Fsp3) is 0.400. The number of Topliss-reactive ketones (excluding diaryl/α,β-unsaturated/α-hetero) is 1. The monoisotopic (exact) mass is 228 g/mol. The number of allylic oxidation sites excluding steroid dienone is 2. The molecule has 0 aromatic heterocycles. The first-order chi connectivity index (χ1) is 8.34. The average Bonchev–Trinajstić information content (AvgIpc) is 2.68. The lowest BCUT2D eigenvalue weighted by Crippen LogP contribution is -2.07. The van der Waals surface area contributed by atoms with Crippen molar-refractivity contribution in [2.75, 3.05) is 0 Å². The largest absolute Gasteiger partial charge is 0.453 e. The first-order valence-electron chi connectivity index (χ1n) is 6.38. The number of ketones is 1. The molecule has 0 unspecified atom stereocenters. The predicted octanol–water partition coefficient (Wildman–Crippen LogP) is 3.73. The SMILES string of the molecule is O=C1/C(=C/C2CCCCC2)Oc2ccccc21. The second-order valence-electron chi connectivity index (χ2n) is 4.86. The van der Waals surface area contributed by atoms with Crippen molar-refractivity contribution in [1.82, 2.24) is 0 Å². The van der Waals surface area contributed by atoms with Crippen LogP contribution in [0.4, 0.5) is 0 Å². The van der Waals surface area contributed by atoms with Crippen molar-refractivity contribution in [1.29, 1.82) is 0 Å². The highest BCUT2D eigenvalue weighted by Gasteiger charge is 2.27. The van der Waals surface area contributed by atoms with Gasteiger partial charge in [-0.05, 0) is 37.0 Å². The van der Waals surface area contributed by atoms with Gasteiger partial charge in [0.2, 0.25) is 5.78 Å². The van der Waals surface area contributed by atoms with Crippen LogP contribution in [-0.2, 0) is 0 Å². The Labute approximate surface area is 101 Å². The fourth-order valence-electron chi connectivity index (χ4n) is 2.67. The first kappa shape index (κ1) is 10.6. The van der Waals surface area contributed by atoms with Gasteiger partial charge in [0.15, 0.2) is 5.76 Å². The molecule has 17 heavy (non-hydrogen) atoms. The molecule has 1 aromatic carbocycles. The highest BCUT2D eigenvalue weighted by molar-refractivity contribution is 6.12. The maximum atomic E-state index is 12.1. The summed E-state index contributed by atoms with van der Waals surface area (Å²) in [7, 11) is 0. The van der Waals surface area contributed by atoms with E-state index in [1.807, 2.05) is 30.3 Å². The predicted molar refractivity (Wildman–Crippen MR) is 66.1 cm³/mol. The minimum absolute atomic E-state index is 0.0474. The van der Waals surface area contributed by atoms with E-state index < -0.39 is 0 Å². The van der Waals surface area contributed by atoms with Gasteiger partial charge < -0.3 is 4.74 Å². The smallest absolute Gasteiger partial charge is 0.231 e. The van der Waals surface area contributed by atoms with E-state index in [1.54, 1.807) is 0 Å². The van der Waals surface area contributed by atoms with Crippen LogP contribution in [-0.4, -0.2) is 5.78 Å². The van der Waals surface area contributed by atoms with Crippen molar-refractivity contribution in [2.24, 2.45) is 5.92 Å². The number of fused-ring (bicyclic) bond motifs is 1. The molecular formula is C15H16O2. The lowest BCUT2D eigenvalue weighted by atomic mass is 9.88. The average molecular weight is 228 g/mol. The number of hydrogen-bond acceptors (Lipinski definition) is 2. The summed E-state index contributed by atoms with van der Waals surface area (Å²) in [5.41, 5.74) is 0.703. The van der Waals surface area contributed by atoms with Crippen LogP contribution in [0.3, 0.4) is 0 Å². The molecule has 3 rings (SSSR count). The summed E-state index contributed by atoms with van der Waals surface area (Å²) in [6.45, 7) is 0. The first-order valence-corrected chi connectivity index (χ1v) is 6.38. The van der Waals surface area contributed by atoms with Crippen molar-refractivity contribution in [3.8, 4) is 5.75 Å². The molecule has 1 aliphatic carbocycles. The van der Waals surface area contributed by atoms with Crippen LogP contribution in [0.1, 0.15) is 42.5 Å². The Hall–Kier alpha value is -1.57. The molecule has 1 aliphatic heterocycles. The summed E-state index contributed by atoms with van der Waals surface area (Å²) in [4.78, 5) is 12.1. The van der Waals surface area contributed by atoms with E-state index >= 15 is 0 Å². The van der Waals surface area contributed by atoms with Gasteiger partial charge in [0, 0.05) is 0 Å². The maximum Gasteiger partial charge on any atom is 0.231 e. The van der Waals surface area contributed by atoms with E-state index in [-0.39, 0.29) is 5.78 Å². The molecule has 0 N–H and O–H groups in total. The van der Waals surface area contributed by atoms with E-state index in [2.05, 4.69) is 0 Å². The van der Waals surface area contributed by atoms with Crippen molar-refractivity contribution in [2.45, 2.75) is 32.1 Å². The van der Waals surface area contributed by atoms with E-state index in [4.69, 9.17) is 4.74 Å². The number of para-hydroxylation sites is 1. The van der Waals surface area contributed by atoms with Gasteiger partial charge >= 0.3 is 0 Å². The Bertz CT molecular complexity index is 468. The molecule has 1 aromatic rings. The van der Waals surface area contributed by atoms with Crippen LogP contribution in [0.5, 0.6) is 5.75 Å². The van der Waals surface area contributed by atoms with Crippen molar-refractivity contribution in [3.63, 3.8) is 0 Å². The minimum Gasteiger partial charge on any atom is -0.453 e. The molecule has 0 radical (unpaired) electrons. The number of hydrogen-bond donors (Lipinski definition) is 0. The van der Waals surface area contributed by atoms with Crippen LogP contribution in [0.15, 0.2) is 36.1 Å². The molecule has 2 heteroatoms. The molecule has 0 amide bonds. The van der Waals surface area contributed by atoms with Gasteiger partial charge in [0.25, 0.3) is 0 Å². The molecule has 0 bridgehead atoms. The molecular weight excluding hydrogens is 212 g/mol. The normalized spacial score (nSPS) is 22.6. The highest BCUT2D eigenvalue weighted by atomic mass is 16.5. The summed E-state index contributed by atoms with van der Waals surface area (Å²) in [6, 6.07) is 7.47. The Morgan fingerprint density at radius 3 is 2.65 bits per heavy atom. The number of benzene rings is 1. The van der Waals surface area contributed by atoms with Crippen LogP contribution >= 0.6 is 0 Å². The van der Waals surface area contributed by atoms with Gasteiger partial charge in [-0.2, -0.15) is 0 Å². The standard InChI is InChI=1S/C15H16O2/c16-15-12-8-4-5-9-13(12)17-14(15)10-11-6-2-1-3-7-11/h4-5,8-11H,1-3,6-7H2/b14-10-. The Kier molecular flexibility index (Phi) is 2.71. The van der Waals surface area contributed by atoms with E-state index in [0.29, 0.717) is 23.0 Å². The third-order valence-electron chi connectivity index (χ3n) is 3.61. The molecule has 1 saturated carbocycles. The summed E-state index contributed by atoms with van der Waals surface area (Å²) < 4.78 is 5.63. The molecule has 0 spiro atoms. The topological polar surface area (TPSA) is 26.3 Å². The highest BCUT2D eigenvalue weighted by Crippen LogP contribution is 2.33. The van der Waals surface area contributed by atoms with Gasteiger partial charge in [-0.15, -0.1) is 0 Å². The third kappa shape index (κ3) is 1.99. The zero-order chi connectivity index (χ0) is 11.7. The van der Waals surface area contributed by atoms with Gasteiger partial charge in [-0.3, -0.25) is 4.79 Å². The van der Waals surface area contributed by atoms with E-state index in [9.17, 15) is 4.79 Å². The second-order valence-corrected chi connectivity index (χ2v) is 4.86. The molecule has 1 heterocycles. The third-order valence-corrected chi connectivity index (χ3v) is 3.61. The summed E-state index contributed by atoms with van der Waals surface area (Å²) in [5, 5.41) is 0. The zero-order valence-corrected chi connectivity index (χ0v) is 9.82. The lowest BCUT2D eigenvalue weighted by molar-refractivity contribution is 0.101. The lowest BCUT2D eigenvalue weighted by Gasteiger charge is -2.18. The van der Waals surface area contributed by atoms with Gasteiger partial charge in [0.05, 0.1) is 5.56 Å². The molecule has 2 aliphatic rings. The minimum atomic E-state index is 0.0474. The van der Waals surface area contributed by atoms with Gasteiger partial charge in [-0.25, -0.2) is 0 Å². The number of ether oxygens (including phenoxy) is 1. The zero-order valence-electron chi connectivity index (χ0n) is 9.82.